The molecule has 0 spiro atoms. The van der Waals surface area contributed by atoms with Crippen molar-refractivity contribution >= 4 is 46.1 Å². The van der Waals surface area contributed by atoms with Crippen molar-refractivity contribution in [2.24, 2.45) is 5.92 Å². The van der Waals surface area contributed by atoms with Crippen molar-refractivity contribution in [1.29, 1.82) is 0 Å². The molecule has 1 aromatic heterocycles. The van der Waals surface area contributed by atoms with Crippen LogP contribution < -0.4 is 16.0 Å². The minimum Gasteiger partial charge on any atom is -0.326 e. The van der Waals surface area contributed by atoms with E-state index in [1.54, 1.807) is 60.7 Å². The highest BCUT2D eigenvalue weighted by atomic mass is 32.1. The van der Waals surface area contributed by atoms with E-state index in [1.165, 1.54) is 11.3 Å². The van der Waals surface area contributed by atoms with E-state index in [4.69, 9.17) is 0 Å². The fourth-order valence-electron chi connectivity index (χ4n) is 2.84. The molecule has 1 saturated carbocycles. The van der Waals surface area contributed by atoms with Gasteiger partial charge in [-0.1, -0.05) is 24.3 Å². The van der Waals surface area contributed by atoms with E-state index >= 15 is 0 Å². The summed E-state index contributed by atoms with van der Waals surface area (Å²) in [4.78, 5) is 37.7. The molecule has 0 radical (unpaired) electrons. The van der Waals surface area contributed by atoms with Gasteiger partial charge in [-0.05, 0) is 54.6 Å². The molecule has 0 unspecified atom stereocenters. The van der Waals surface area contributed by atoms with Crippen LogP contribution in [-0.2, 0) is 4.79 Å². The zero-order valence-electron chi connectivity index (χ0n) is 15.5. The number of benzene rings is 2. The van der Waals surface area contributed by atoms with E-state index in [9.17, 15) is 14.4 Å². The third-order valence-corrected chi connectivity index (χ3v) is 5.37. The van der Waals surface area contributed by atoms with Crippen LogP contribution in [0.3, 0.4) is 0 Å². The smallest absolute Gasteiger partial charge is 0.265 e. The molecule has 7 heteroatoms. The van der Waals surface area contributed by atoms with E-state index in [0.29, 0.717) is 27.5 Å². The van der Waals surface area contributed by atoms with Crippen LogP contribution >= 0.6 is 11.3 Å². The van der Waals surface area contributed by atoms with Gasteiger partial charge in [0, 0.05) is 17.3 Å². The first-order valence-electron chi connectivity index (χ1n) is 9.26. The largest absolute Gasteiger partial charge is 0.326 e. The maximum atomic E-state index is 12.8. The Labute approximate surface area is 172 Å². The lowest BCUT2D eigenvalue weighted by Gasteiger charge is -2.12. The van der Waals surface area contributed by atoms with Crippen molar-refractivity contribution in [1.82, 2.24) is 0 Å². The third kappa shape index (κ3) is 4.70. The van der Waals surface area contributed by atoms with Gasteiger partial charge in [-0.15, -0.1) is 11.3 Å². The molecule has 3 aromatic rings. The molecule has 1 aliphatic carbocycles. The first-order valence-corrected chi connectivity index (χ1v) is 10.1. The number of hydrogen-bond acceptors (Lipinski definition) is 4. The molecule has 0 aliphatic heterocycles. The molecule has 29 heavy (non-hydrogen) atoms. The monoisotopic (exact) mass is 405 g/mol. The van der Waals surface area contributed by atoms with Crippen LogP contribution in [0.15, 0.2) is 66.0 Å². The van der Waals surface area contributed by atoms with Crippen LogP contribution in [0.4, 0.5) is 17.1 Å². The standard InChI is InChI=1S/C22H19N3O3S/c26-20(14-10-11-14)23-15-5-3-6-16(13-15)24-21(27)17-7-1-2-8-18(17)25-22(28)19-9-4-12-29-19/h1-9,12-14H,10-11H2,(H,23,26)(H,24,27)(H,25,28). The number of rotatable bonds is 6. The molecule has 6 nitrogen and oxygen atoms in total. The zero-order chi connectivity index (χ0) is 20.2. The molecule has 146 valence electrons. The lowest BCUT2D eigenvalue weighted by molar-refractivity contribution is -0.117. The maximum Gasteiger partial charge on any atom is 0.265 e. The number of amides is 3. The minimum atomic E-state index is -0.349. The zero-order valence-corrected chi connectivity index (χ0v) is 16.3. The summed E-state index contributed by atoms with van der Waals surface area (Å²) < 4.78 is 0. The number of para-hydroxylation sites is 1. The molecule has 0 atom stereocenters. The highest BCUT2D eigenvalue weighted by Gasteiger charge is 2.29. The van der Waals surface area contributed by atoms with Gasteiger partial charge in [0.2, 0.25) is 5.91 Å². The van der Waals surface area contributed by atoms with Gasteiger partial charge in [-0.25, -0.2) is 0 Å². The van der Waals surface area contributed by atoms with E-state index in [0.717, 1.165) is 12.8 Å². The highest BCUT2D eigenvalue weighted by molar-refractivity contribution is 7.12. The van der Waals surface area contributed by atoms with E-state index in [1.807, 2.05) is 5.38 Å². The van der Waals surface area contributed by atoms with Crippen LogP contribution in [0.5, 0.6) is 0 Å². The van der Waals surface area contributed by atoms with Gasteiger partial charge >= 0.3 is 0 Å². The summed E-state index contributed by atoms with van der Waals surface area (Å²) in [5.41, 5.74) is 1.98. The molecule has 2 aromatic carbocycles. The molecule has 0 bridgehead atoms. The second-order valence-corrected chi connectivity index (χ2v) is 7.72. The number of carbonyl (C=O) groups is 3. The summed E-state index contributed by atoms with van der Waals surface area (Å²) in [5.74, 6) is -0.495. The fourth-order valence-corrected chi connectivity index (χ4v) is 3.46. The molecule has 1 aliphatic rings. The highest BCUT2D eigenvalue weighted by Crippen LogP contribution is 2.30. The second-order valence-electron chi connectivity index (χ2n) is 6.78. The predicted octanol–water partition coefficient (Wildman–Crippen LogP) is 4.60. The Morgan fingerprint density at radius 2 is 1.55 bits per heavy atom. The summed E-state index contributed by atoms with van der Waals surface area (Å²) in [6.45, 7) is 0. The Morgan fingerprint density at radius 3 is 2.28 bits per heavy atom. The maximum absolute atomic E-state index is 12.8. The van der Waals surface area contributed by atoms with Crippen LogP contribution in [0.2, 0.25) is 0 Å². The summed E-state index contributed by atoms with van der Waals surface area (Å²) in [6.07, 6.45) is 1.85. The molecular weight excluding hydrogens is 386 g/mol. The fraction of sp³-hybridized carbons (Fsp3) is 0.136. The Morgan fingerprint density at radius 1 is 0.793 bits per heavy atom. The van der Waals surface area contributed by atoms with Crippen molar-refractivity contribution in [2.75, 3.05) is 16.0 Å². The van der Waals surface area contributed by atoms with Crippen molar-refractivity contribution < 1.29 is 14.4 Å². The number of anilines is 3. The Balaban J connectivity index is 1.47. The molecule has 1 fully saturated rings. The SMILES string of the molecule is O=C(Nc1ccccc1C(=O)Nc1cccc(NC(=O)C2CC2)c1)c1cccs1. The normalized spacial score (nSPS) is 12.8. The third-order valence-electron chi connectivity index (χ3n) is 4.50. The molecular formula is C22H19N3O3S. The Kier molecular flexibility index (Phi) is 5.39. The van der Waals surface area contributed by atoms with Gasteiger partial charge in [-0.2, -0.15) is 0 Å². The van der Waals surface area contributed by atoms with Gasteiger partial charge in [-0.3, -0.25) is 14.4 Å². The number of carbonyl (C=O) groups excluding carboxylic acids is 3. The van der Waals surface area contributed by atoms with E-state index in [2.05, 4.69) is 16.0 Å². The van der Waals surface area contributed by atoms with Crippen molar-refractivity contribution in [3.63, 3.8) is 0 Å². The Hall–Kier alpha value is -3.45. The second kappa shape index (κ2) is 8.28. The van der Waals surface area contributed by atoms with Gasteiger partial charge < -0.3 is 16.0 Å². The quantitative estimate of drug-likeness (QED) is 0.560. The molecule has 0 saturated heterocycles. The van der Waals surface area contributed by atoms with Crippen molar-refractivity contribution in [2.45, 2.75) is 12.8 Å². The van der Waals surface area contributed by atoms with Crippen LogP contribution in [-0.4, -0.2) is 17.7 Å². The summed E-state index contributed by atoms with van der Waals surface area (Å²) in [7, 11) is 0. The van der Waals surface area contributed by atoms with Crippen molar-refractivity contribution in [3.05, 3.63) is 76.5 Å². The van der Waals surface area contributed by atoms with Gasteiger partial charge in [0.05, 0.1) is 16.1 Å². The van der Waals surface area contributed by atoms with Gasteiger partial charge in [0.1, 0.15) is 0 Å². The number of hydrogen-bond donors (Lipinski definition) is 3. The molecule has 3 N–H and O–H groups in total. The van der Waals surface area contributed by atoms with Gasteiger partial charge in [0.25, 0.3) is 11.8 Å². The summed E-state index contributed by atoms with van der Waals surface area (Å²) in [5, 5.41) is 10.3. The first-order chi connectivity index (χ1) is 14.1. The first kappa shape index (κ1) is 18.9. The number of thiophene rings is 1. The summed E-state index contributed by atoms with van der Waals surface area (Å²) >= 11 is 1.33. The topological polar surface area (TPSA) is 87.3 Å². The summed E-state index contributed by atoms with van der Waals surface area (Å²) in [6, 6.07) is 17.4. The van der Waals surface area contributed by atoms with Crippen molar-refractivity contribution in [3.8, 4) is 0 Å². The van der Waals surface area contributed by atoms with Crippen LogP contribution in [0.1, 0.15) is 32.9 Å². The average Bonchev–Trinajstić information content (AvgIpc) is 3.43. The van der Waals surface area contributed by atoms with Gasteiger partial charge in [0.15, 0.2) is 0 Å². The van der Waals surface area contributed by atoms with E-state index < -0.39 is 0 Å². The van der Waals surface area contributed by atoms with Crippen LogP contribution in [0.25, 0.3) is 0 Å². The molecule has 3 amide bonds. The average molecular weight is 405 g/mol. The number of nitrogens with one attached hydrogen (secondary N) is 3. The Bertz CT molecular complexity index is 1060. The lowest BCUT2D eigenvalue weighted by Crippen LogP contribution is -2.18. The predicted molar refractivity (Wildman–Crippen MR) is 114 cm³/mol. The lowest BCUT2D eigenvalue weighted by atomic mass is 10.1. The molecule has 1 heterocycles. The van der Waals surface area contributed by atoms with E-state index in [-0.39, 0.29) is 23.6 Å². The minimum absolute atomic E-state index is 0.00936. The van der Waals surface area contributed by atoms with Crippen LogP contribution in [0, 0.1) is 5.92 Å². The molecule has 4 rings (SSSR count).